The second kappa shape index (κ2) is 11.8. The molecule has 0 saturated carbocycles. The van der Waals surface area contributed by atoms with Crippen molar-refractivity contribution in [3.63, 3.8) is 0 Å². The highest BCUT2D eigenvalue weighted by atomic mass is 16.5. The maximum absolute atomic E-state index is 9.72. The van der Waals surface area contributed by atoms with Crippen LogP contribution in [0, 0.1) is 22.7 Å². The zero-order valence-electron chi connectivity index (χ0n) is 17.1. The summed E-state index contributed by atoms with van der Waals surface area (Å²) in [5.41, 5.74) is 3.73. The van der Waals surface area contributed by atoms with Crippen molar-refractivity contribution >= 4 is 0 Å². The lowest BCUT2D eigenvalue weighted by molar-refractivity contribution is 0.306. The molecule has 3 nitrogen and oxygen atoms in total. The van der Waals surface area contributed by atoms with E-state index in [1.54, 1.807) is 0 Å². The van der Waals surface area contributed by atoms with Crippen molar-refractivity contribution in [2.75, 3.05) is 6.61 Å². The summed E-state index contributed by atoms with van der Waals surface area (Å²) >= 11 is 0. The Kier molecular flexibility index (Phi) is 9.09. The maximum Gasteiger partial charge on any atom is 0.119 e. The molecule has 0 fully saturated rings. The zero-order chi connectivity index (χ0) is 20.2. The van der Waals surface area contributed by atoms with Crippen molar-refractivity contribution in [3.05, 3.63) is 53.1 Å². The molecule has 0 N–H and O–H groups in total. The lowest BCUT2D eigenvalue weighted by atomic mass is 9.91. The Hall–Kier alpha value is -2.78. The minimum Gasteiger partial charge on any atom is -0.494 e. The van der Waals surface area contributed by atoms with Crippen molar-refractivity contribution in [1.82, 2.24) is 0 Å². The summed E-state index contributed by atoms with van der Waals surface area (Å²) in [4.78, 5) is 0. The lowest BCUT2D eigenvalue weighted by Gasteiger charge is -2.12. The van der Waals surface area contributed by atoms with E-state index in [0.717, 1.165) is 54.7 Å². The fourth-order valence-electron chi connectivity index (χ4n) is 3.35. The van der Waals surface area contributed by atoms with Gasteiger partial charge in [0.05, 0.1) is 17.7 Å². The fraction of sp³-hybridized carbons (Fsp3) is 0.440. The van der Waals surface area contributed by atoms with Gasteiger partial charge in [0.1, 0.15) is 17.9 Å². The smallest absolute Gasteiger partial charge is 0.119 e. The van der Waals surface area contributed by atoms with Crippen LogP contribution >= 0.6 is 0 Å². The number of unbranched alkanes of at least 4 members (excludes halogenated alkanes) is 5. The van der Waals surface area contributed by atoms with E-state index >= 15 is 0 Å². The highest BCUT2D eigenvalue weighted by Crippen LogP contribution is 2.30. The molecule has 0 aliphatic carbocycles. The second-order valence-corrected chi connectivity index (χ2v) is 7.14. The molecule has 0 spiro atoms. The summed E-state index contributed by atoms with van der Waals surface area (Å²) in [6, 6.07) is 16.3. The maximum atomic E-state index is 9.72. The molecule has 146 valence electrons. The molecule has 0 aliphatic heterocycles. The molecule has 0 unspecified atom stereocenters. The number of hydrogen-bond donors (Lipinski definition) is 0. The fourth-order valence-corrected chi connectivity index (χ4v) is 3.35. The van der Waals surface area contributed by atoms with Gasteiger partial charge in [0.15, 0.2) is 0 Å². The largest absolute Gasteiger partial charge is 0.494 e. The third-order valence-corrected chi connectivity index (χ3v) is 5.00. The predicted molar refractivity (Wildman–Crippen MR) is 114 cm³/mol. The average Bonchev–Trinajstić information content (AvgIpc) is 2.74. The van der Waals surface area contributed by atoms with Crippen LogP contribution in [0.25, 0.3) is 11.1 Å². The molecule has 3 heteroatoms. The number of ether oxygens (including phenoxy) is 1. The first-order chi connectivity index (χ1) is 13.7. The first kappa shape index (κ1) is 21.5. The molecule has 0 radical (unpaired) electrons. The van der Waals surface area contributed by atoms with Crippen LogP contribution < -0.4 is 4.74 Å². The molecule has 2 aromatic carbocycles. The summed E-state index contributed by atoms with van der Waals surface area (Å²) in [6.45, 7) is 5.08. The number of aryl methyl sites for hydroxylation is 1. The van der Waals surface area contributed by atoms with Crippen LogP contribution in [0.2, 0.25) is 0 Å². The van der Waals surface area contributed by atoms with Gasteiger partial charge in [-0.05, 0) is 42.5 Å². The molecule has 0 heterocycles. The summed E-state index contributed by atoms with van der Waals surface area (Å²) in [6.07, 6.45) is 8.86. The van der Waals surface area contributed by atoms with E-state index in [-0.39, 0.29) is 0 Å². The van der Waals surface area contributed by atoms with Gasteiger partial charge < -0.3 is 4.74 Å². The highest BCUT2D eigenvalue weighted by Gasteiger charge is 2.14. The predicted octanol–water partition coefficient (Wildman–Crippen LogP) is 6.79. The first-order valence-electron chi connectivity index (χ1n) is 10.4. The van der Waals surface area contributed by atoms with Gasteiger partial charge in [0.2, 0.25) is 0 Å². The minimum atomic E-state index is 0.479. The van der Waals surface area contributed by atoms with E-state index < -0.39 is 0 Å². The Labute approximate surface area is 169 Å². The number of nitriles is 2. The Bertz CT molecular complexity index is 825. The van der Waals surface area contributed by atoms with Crippen molar-refractivity contribution in [3.8, 4) is 29.0 Å². The minimum absolute atomic E-state index is 0.479. The lowest BCUT2D eigenvalue weighted by Crippen LogP contribution is -1.98. The van der Waals surface area contributed by atoms with E-state index in [1.807, 2.05) is 36.4 Å². The zero-order valence-corrected chi connectivity index (χ0v) is 17.1. The van der Waals surface area contributed by atoms with E-state index in [9.17, 15) is 10.5 Å². The van der Waals surface area contributed by atoms with Crippen molar-refractivity contribution in [2.45, 2.75) is 65.2 Å². The van der Waals surface area contributed by atoms with Crippen molar-refractivity contribution in [2.24, 2.45) is 0 Å². The van der Waals surface area contributed by atoms with Gasteiger partial charge in [-0.25, -0.2) is 0 Å². The van der Waals surface area contributed by atoms with E-state index in [4.69, 9.17) is 4.74 Å². The Morgan fingerprint density at radius 1 is 0.750 bits per heavy atom. The van der Waals surface area contributed by atoms with E-state index in [0.29, 0.717) is 11.1 Å². The normalized spacial score (nSPS) is 10.3. The Morgan fingerprint density at radius 2 is 1.43 bits per heavy atom. The Morgan fingerprint density at radius 3 is 2.07 bits per heavy atom. The van der Waals surface area contributed by atoms with E-state index in [1.165, 1.54) is 25.7 Å². The molecule has 0 atom stereocenters. The molecule has 0 aliphatic rings. The van der Waals surface area contributed by atoms with Gasteiger partial charge in [-0.15, -0.1) is 0 Å². The summed E-state index contributed by atoms with van der Waals surface area (Å²) < 4.78 is 5.77. The average molecular weight is 375 g/mol. The molecule has 0 bridgehead atoms. The molecule has 2 aromatic rings. The first-order valence-corrected chi connectivity index (χ1v) is 10.4. The van der Waals surface area contributed by atoms with Crippen LogP contribution in [-0.2, 0) is 6.42 Å². The van der Waals surface area contributed by atoms with Gasteiger partial charge in [-0.1, -0.05) is 70.2 Å². The van der Waals surface area contributed by atoms with Crippen LogP contribution in [0.1, 0.15) is 75.5 Å². The van der Waals surface area contributed by atoms with Crippen LogP contribution in [0.5, 0.6) is 5.75 Å². The quantitative estimate of drug-likeness (QED) is 0.407. The van der Waals surface area contributed by atoms with Crippen LogP contribution in [0.15, 0.2) is 36.4 Å². The van der Waals surface area contributed by atoms with Gasteiger partial charge in [0.25, 0.3) is 0 Å². The molecule has 28 heavy (non-hydrogen) atoms. The molecule has 0 aromatic heterocycles. The SMILES string of the molecule is CCCCCCc1ccc(-c2ccc(OCCCCC)cc2)c(C#N)c1C#N. The molecule has 0 saturated heterocycles. The summed E-state index contributed by atoms with van der Waals surface area (Å²) in [5.74, 6) is 0.839. The second-order valence-electron chi connectivity index (χ2n) is 7.14. The monoisotopic (exact) mass is 374 g/mol. The molecular weight excluding hydrogens is 344 g/mol. The molecule has 0 amide bonds. The van der Waals surface area contributed by atoms with Crippen LogP contribution in [0.3, 0.4) is 0 Å². The van der Waals surface area contributed by atoms with E-state index in [2.05, 4.69) is 26.0 Å². The number of nitrogens with zero attached hydrogens (tertiary/aromatic N) is 2. The molecular formula is C25H30N2O. The topological polar surface area (TPSA) is 56.8 Å². The number of rotatable bonds is 11. The molecule has 2 rings (SSSR count). The third kappa shape index (κ3) is 5.86. The van der Waals surface area contributed by atoms with Gasteiger partial charge >= 0.3 is 0 Å². The standard InChI is InChI=1S/C25H30N2O/c1-3-5-7-8-10-20-13-16-23(25(19-27)24(20)18-26)21-11-14-22(15-12-21)28-17-9-6-4-2/h11-16H,3-10,17H2,1-2H3. The Balaban J connectivity index is 2.19. The van der Waals surface area contributed by atoms with Gasteiger partial charge in [0, 0.05) is 5.56 Å². The highest BCUT2D eigenvalue weighted by molar-refractivity contribution is 5.75. The summed E-state index contributed by atoms with van der Waals surface area (Å²) in [7, 11) is 0. The van der Waals surface area contributed by atoms with Gasteiger partial charge in [-0.3, -0.25) is 0 Å². The van der Waals surface area contributed by atoms with Gasteiger partial charge in [-0.2, -0.15) is 10.5 Å². The van der Waals surface area contributed by atoms with Crippen molar-refractivity contribution < 1.29 is 4.74 Å². The number of benzene rings is 2. The van der Waals surface area contributed by atoms with Crippen LogP contribution in [-0.4, -0.2) is 6.61 Å². The van der Waals surface area contributed by atoms with Crippen LogP contribution in [0.4, 0.5) is 0 Å². The number of hydrogen-bond acceptors (Lipinski definition) is 3. The van der Waals surface area contributed by atoms with Crippen molar-refractivity contribution in [1.29, 1.82) is 10.5 Å². The summed E-state index contributed by atoms with van der Waals surface area (Å²) in [5, 5.41) is 19.4. The third-order valence-electron chi connectivity index (χ3n) is 5.00.